The van der Waals surface area contributed by atoms with E-state index in [2.05, 4.69) is 18.7 Å². The second kappa shape index (κ2) is 5.28. The summed E-state index contributed by atoms with van der Waals surface area (Å²) in [5.74, 6) is 1.22. The molecule has 16 heavy (non-hydrogen) atoms. The molecule has 3 nitrogen and oxygen atoms in total. The van der Waals surface area contributed by atoms with E-state index in [1.807, 2.05) is 0 Å². The summed E-state index contributed by atoms with van der Waals surface area (Å²) in [6, 6.07) is 0.747. The highest BCUT2D eigenvalue weighted by Gasteiger charge is 2.33. The van der Waals surface area contributed by atoms with Crippen LogP contribution in [0.15, 0.2) is 0 Å². The lowest BCUT2D eigenvalue weighted by Gasteiger charge is -2.30. The summed E-state index contributed by atoms with van der Waals surface area (Å²) in [4.78, 5) is 14.3. The molecule has 1 atom stereocenters. The molecule has 0 N–H and O–H groups in total. The molecule has 0 aromatic heterocycles. The van der Waals surface area contributed by atoms with Crippen molar-refractivity contribution >= 4 is 5.78 Å². The Balaban J connectivity index is 1.86. The largest absolute Gasteiger partial charge is 0.380 e. The van der Waals surface area contributed by atoms with E-state index >= 15 is 0 Å². The van der Waals surface area contributed by atoms with Gasteiger partial charge in [0.15, 0.2) is 0 Å². The van der Waals surface area contributed by atoms with Crippen molar-refractivity contribution in [2.75, 3.05) is 26.3 Å². The van der Waals surface area contributed by atoms with Gasteiger partial charge in [0.1, 0.15) is 5.78 Å². The Hall–Kier alpha value is -0.410. The molecule has 0 radical (unpaired) electrons. The molecule has 0 aromatic rings. The average molecular weight is 225 g/mol. The lowest BCUT2D eigenvalue weighted by molar-refractivity contribution is -0.131. The second-order valence-electron chi connectivity index (χ2n) is 5.57. The summed E-state index contributed by atoms with van der Waals surface area (Å²) in [5.41, 5.74) is 0. The van der Waals surface area contributed by atoms with Gasteiger partial charge in [-0.1, -0.05) is 13.8 Å². The predicted molar refractivity (Wildman–Crippen MR) is 63.4 cm³/mol. The van der Waals surface area contributed by atoms with E-state index in [1.54, 1.807) is 0 Å². The quantitative estimate of drug-likeness (QED) is 0.713. The van der Waals surface area contributed by atoms with E-state index in [4.69, 9.17) is 4.74 Å². The lowest BCUT2D eigenvalue weighted by Crippen LogP contribution is -2.41. The molecule has 0 amide bonds. The number of hydrogen-bond donors (Lipinski definition) is 0. The molecule has 0 bridgehead atoms. The molecular weight excluding hydrogens is 202 g/mol. The van der Waals surface area contributed by atoms with Gasteiger partial charge in [0.25, 0.3) is 0 Å². The summed E-state index contributed by atoms with van der Waals surface area (Å²) in [6.07, 6.45) is 3.24. The molecule has 3 heteroatoms. The van der Waals surface area contributed by atoms with Gasteiger partial charge >= 0.3 is 0 Å². The lowest BCUT2D eigenvalue weighted by atomic mass is 9.99. The molecule has 2 aliphatic rings. The summed E-state index contributed by atoms with van der Waals surface area (Å²) >= 11 is 0. The third kappa shape index (κ3) is 3.29. The number of rotatable bonds is 5. The Bertz CT molecular complexity index is 248. The molecule has 0 spiro atoms. The fraction of sp³-hybridized carbons (Fsp3) is 0.923. The number of hydrogen-bond acceptors (Lipinski definition) is 3. The van der Waals surface area contributed by atoms with Crippen LogP contribution in [-0.4, -0.2) is 43.0 Å². The van der Waals surface area contributed by atoms with Gasteiger partial charge in [0.2, 0.25) is 0 Å². The van der Waals surface area contributed by atoms with Crippen molar-refractivity contribution in [1.82, 2.24) is 4.90 Å². The third-order valence-electron chi connectivity index (χ3n) is 3.39. The zero-order valence-corrected chi connectivity index (χ0v) is 10.4. The first-order valence-electron chi connectivity index (χ1n) is 6.51. The topological polar surface area (TPSA) is 29.5 Å². The minimum absolute atomic E-state index is 0.132. The number of ketones is 1. The van der Waals surface area contributed by atoms with Gasteiger partial charge in [-0.3, -0.25) is 9.69 Å². The summed E-state index contributed by atoms with van der Waals surface area (Å²) in [7, 11) is 0. The smallest absolute Gasteiger partial charge is 0.141 e. The zero-order chi connectivity index (χ0) is 11.5. The molecule has 2 rings (SSSR count). The molecule has 2 fully saturated rings. The fourth-order valence-electron chi connectivity index (χ4n) is 2.41. The molecule has 1 heterocycles. The number of ether oxygens (including phenoxy) is 1. The summed E-state index contributed by atoms with van der Waals surface area (Å²) < 4.78 is 5.41. The molecule has 1 saturated carbocycles. The van der Waals surface area contributed by atoms with Crippen molar-refractivity contribution in [3.8, 4) is 0 Å². The third-order valence-corrected chi connectivity index (χ3v) is 3.39. The maximum atomic E-state index is 11.8. The van der Waals surface area contributed by atoms with Crippen LogP contribution in [0.3, 0.4) is 0 Å². The van der Waals surface area contributed by atoms with Crippen molar-refractivity contribution in [1.29, 1.82) is 0 Å². The van der Waals surface area contributed by atoms with Crippen LogP contribution in [-0.2, 0) is 9.53 Å². The maximum absolute atomic E-state index is 11.8. The Morgan fingerprint density at radius 1 is 1.44 bits per heavy atom. The van der Waals surface area contributed by atoms with Crippen LogP contribution in [0.2, 0.25) is 0 Å². The Morgan fingerprint density at radius 2 is 2.19 bits per heavy atom. The monoisotopic (exact) mass is 225 g/mol. The van der Waals surface area contributed by atoms with E-state index in [9.17, 15) is 4.79 Å². The number of nitrogens with zero attached hydrogens (tertiary/aromatic N) is 1. The van der Waals surface area contributed by atoms with E-state index in [-0.39, 0.29) is 5.92 Å². The Kier molecular flexibility index (Phi) is 3.98. The highest BCUT2D eigenvalue weighted by molar-refractivity contribution is 5.82. The molecule has 1 saturated heterocycles. The van der Waals surface area contributed by atoms with Crippen LogP contribution >= 0.6 is 0 Å². The maximum Gasteiger partial charge on any atom is 0.141 e. The number of carbonyl (C=O) groups excluding carboxylic acids is 1. The molecule has 1 aliphatic heterocycles. The van der Waals surface area contributed by atoms with E-state index in [1.165, 1.54) is 12.8 Å². The van der Waals surface area contributed by atoms with Crippen LogP contribution in [0.5, 0.6) is 0 Å². The van der Waals surface area contributed by atoms with Crippen LogP contribution < -0.4 is 0 Å². The van der Waals surface area contributed by atoms with E-state index < -0.39 is 0 Å². The minimum Gasteiger partial charge on any atom is -0.380 e. The summed E-state index contributed by atoms with van der Waals surface area (Å²) in [6.45, 7) is 7.79. The molecular formula is C13H23NO2. The summed E-state index contributed by atoms with van der Waals surface area (Å²) in [5, 5.41) is 0. The van der Waals surface area contributed by atoms with Crippen LogP contribution in [0, 0.1) is 11.8 Å². The SMILES string of the molecule is CC(C)CN(CC1COCCC1=O)C1CC1. The van der Waals surface area contributed by atoms with Gasteiger partial charge in [-0.15, -0.1) is 0 Å². The molecule has 1 unspecified atom stereocenters. The first-order chi connectivity index (χ1) is 7.66. The number of Topliss-reactive ketones (excluding diaryl/α,β-unsaturated/α-hetero) is 1. The van der Waals surface area contributed by atoms with Crippen molar-refractivity contribution in [2.45, 2.75) is 39.2 Å². The molecule has 1 aliphatic carbocycles. The highest BCUT2D eigenvalue weighted by atomic mass is 16.5. The average Bonchev–Trinajstić information content (AvgIpc) is 3.03. The first kappa shape index (κ1) is 12.1. The Morgan fingerprint density at radius 3 is 2.75 bits per heavy atom. The molecule has 92 valence electrons. The van der Waals surface area contributed by atoms with E-state index in [0.29, 0.717) is 31.3 Å². The van der Waals surface area contributed by atoms with Crippen molar-refractivity contribution in [3.05, 3.63) is 0 Å². The zero-order valence-electron chi connectivity index (χ0n) is 10.4. The molecule has 0 aromatic carbocycles. The highest BCUT2D eigenvalue weighted by Crippen LogP contribution is 2.29. The Labute approximate surface area is 98.1 Å². The fourth-order valence-corrected chi connectivity index (χ4v) is 2.41. The van der Waals surface area contributed by atoms with E-state index in [0.717, 1.165) is 19.1 Å². The van der Waals surface area contributed by atoms with Gasteiger partial charge < -0.3 is 4.74 Å². The normalized spacial score (nSPS) is 26.8. The first-order valence-corrected chi connectivity index (χ1v) is 6.51. The van der Waals surface area contributed by atoms with Crippen LogP contribution in [0.1, 0.15) is 33.1 Å². The van der Waals surface area contributed by atoms with Gasteiger partial charge in [0, 0.05) is 25.6 Å². The number of carbonyl (C=O) groups is 1. The van der Waals surface area contributed by atoms with Gasteiger partial charge in [-0.25, -0.2) is 0 Å². The van der Waals surface area contributed by atoms with Gasteiger partial charge in [-0.05, 0) is 18.8 Å². The predicted octanol–water partition coefficient (Wildman–Crippen LogP) is 1.71. The standard InChI is InChI=1S/C13H23NO2/c1-10(2)7-14(12-3-4-12)8-11-9-16-6-5-13(11)15/h10-12H,3-9H2,1-2H3. The van der Waals surface area contributed by atoms with Crippen molar-refractivity contribution in [2.24, 2.45) is 11.8 Å². The minimum atomic E-state index is 0.132. The van der Waals surface area contributed by atoms with Crippen LogP contribution in [0.25, 0.3) is 0 Å². The van der Waals surface area contributed by atoms with Gasteiger partial charge in [-0.2, -0.15) is 0 Å². The van der Waals surface area contributed by atoms with Gasteiger partial charge in [0.05, 0.1) is 19.1 Å². The van der Waals surface area contributed by atoms with Crippen molar-refractivity contribution in [3.63, 3.8) is 0 Å². The second-order valence-corrected chi connectivity index (χ2v) is 5.57. The van der Waals surface area contributed by atoms with Crippen LogP contribution in [0.4, 0.5) is 0 Å². The van der Waals surface area contributed by atoms with Crippen molar-refractivity contribution < 1.29 is 9.53 Å².